The molecule has 2 aromatic rings. The maximum Gasteiger partial charge on any atom is 0.131 e. The van der Waals surface area contributed by atoms with Gasteiger partial charge in [-0.05, 0) is 32.0 Å². The molecule has 0 spiro atoms. The lowest BCUT2D eigenvalue weighted by Gasteiger charge is -2.04. The first kappa shape index (κ1) is 9.84. The zero-order valence-electron chi connectivity index (χ0n) is 8.79. The van der Waals surface area contributed by atoms with Crippen LogP contribution in [0.25, 0.3) is 11.1 Å². The minimum atomic E-state index is -0.203. The van der Waals surface area contributed by atoms with Crippen molar-refractivity contribution in [3.8, 4) is 11.1 Å². The van der Waals surface area contributed by atoms with Crippen molar-refractivity contribution >= 4 is 0 Å². The number of pyridine rings is 1. The Bertz CT molecular complexity index is 474. The van der Waals surface area contributed by atoms with Crippen molar-refractivity contribution in [2.75, 3.05) is 0 Å². The number of halogens is 1. The van der Waals surface area contributed by atoms with E-state index >= 15 is 0 Å². The summed E-state index contributed by atoms with van der Waals surface area (Å²) in [5.41, 5.74) is 3.42. The van der Waals surface area contributed by atoms with E-state index in [0.717, 1.165) is 16.8 Å². The van der Waals surface area contributed by atoms with E-state index in [2.05, 4.69) is 4.98 Å². The molecule has 1 heterocycles. The third-order valence-electron chi connectivity index (χ3n) is 2.34. The summed E-state index contributed by atoms with van der Waals surface area (Å²) >= 11 is 0. The Labute approximate surface area is 88.6 Å². The second kappa shape index (κ2) is 3.81. The molecule has 1 aromatic heterocycles. The number of rotatable bonds is 1. The number of hydrogen-bond acceptors (Lipinski definition) is 1. The van der Waals surface area contributed by atoms with Crippen LogP contribution in [0.2, 0.25) is 0 Å². The minimum Gasteiger partial charge on any atom is -0.261 e. The summed E-state index contributed by atoms with van der Waals surface area (Å²) in [5.74, 6) is -0.203. The van der Waals surface area contributed by atoms with Crippen molar-refractivity contribution in [2.24, 2.45) is 0 Å². The van der Waals surface area contributed by atoms with Crippen LogP contribution >= 0.6 is 0 Å². The number of aromatic nitrogens is 1. The predicted molar refractivity (Wildman–Crippen MR) is 59.1 cm³/mol. The van der Waals surface area contributed by atoms with Gasteiger partial charge in [-0.15, -0.1) is 0 Å². The van der Waals surface area contributed by atoms with E-state index in [1.807, 2.05) is 32.0 Å². The molecule has 2 rings (SSSR count). The largest absolute Gasteiger partial charge is 0.261 e. The maximum absolute atomic E-state index is 13.5. The van der Waals surface area contributed by atoms with E-state index in [-0.39, 0.29) is 5.82 Å². The Kier molecular flexibility index (Phi) is 2.50. The fraction of sp³-hybridized carbons (Fsp3) is 0.154. The first-order chi connectivity index (χ1) is 7.16. The molecule has 1 nitrogen and oxygen atoms in total. The van der Waals surface area contributed by atoms with Crippen LogP contribution in [0.3, 0.4) is 0 Å². The Hall–Kier alpha value is -1.70. The third kappa shape index (κ3) is 2.04. The highest BCUT2D eigenvalue weighted by molar-refractivity contribution is 5.63. The first-order valence-corrected chi connectivity index (χ1v) is 4.86. The highest BCUT2D eigenvalue weighted by Crippen LogP contribution is 2.23. The van der Waals surface area contributed by atoms with Gasteiger partial charge in [0.05, 0.1) is 0 Å². The van der Waals surface area contributed by atoms with E-state index in [1.54, 1.807) is 12.3 Å². The fourth-order valence-electron chi connectivity index (χ4n) is 1.49. The lowest BCUT2D eigenvalue weighted by molar-refractivity contribution is 0.631. The van der Waals surface area contributed by atoms with Gasteiger partial charge in [0.25, 0.3) is 0 Å². The van der Waals surface area contributed by atoms with E-state index in [9.17, 15) is 4.39 Å². The smallest absolute Gasteiger partial charge is 0.131 e. The van der Waals surface area contributed by atoms with Crippen molar-refractivity contribution in [2.45, 2.75) is 13.8 Å². The second-order valence-corrected chi connectivity index (χ2v) is 3.67. The third-order valence-corrected chi connectivity index (χ3v) is 2.34. The van der Waals surface area contributed by atoms with Crippen LogP contribution in [0.4, 0.5) is 4.39 Å². The summed E-state index contributed by atoms with van der Waals surface area (Å²) in [4.78, 5) is 4.16. The van der Waals surface area contributed by atoms with Crippen molar-refractivity contribution in [3.63, 3.8) is 0 Å². The Morgan fingerprint density at radius 2 is 1.87 bits per heavy atom. The first-order valence-electron chi connectivity index (χ1n) is 4.86. The van der Waals surface area contributed by atoms with Gasteiger partial charge in [-0.3, -0.25) is 4.98 Å². The molecule has 0 amide bonds. The van der Waals surface area contributed by atoms with Gasteiger partial charge >= 0.3 is 0 Å². The lowest BCUT2D eigenvalue weighted by atomic mass is 10.0. The quantitative estimate of drug-likeness (QED) is 0.688. The molecule has 0 saturated carbocycles. The van der Waals surface area contributed by atoms with E-state index < -0.39 is 0 Å². The minimum absolute atomic E-state index is 0.203. The number of benzene rings is 1. The van der Waals surface area contributed by atoms with Gasteiger partial charge in [-0.2, -0.15) is 0 Å². The highest BCUT2D eigenvalue weighted by Gasteiger charge is 2.04. The van der Waals surface area contributed by atoms with Crippen molar-refractivity contribution in [3.05, 3.63) is 53.6 Å². The van der Waals surface area contributed by atoms with Gasteiger partial charge in [0, 0.05) is 23.0 Å². The molecule has 0 saturated heterocycles. The summed E-state index contributed by atoms with van der Waals surface area (Å²) in [5, 5.41) is 0. The molecule has 0 fully saturated rings. The lowest BCUT2D eigenvalue weighted by Crippen LogP contribution is -1.87. The maximum atomic E-state index is 13.5. The molecule has 0 aliphatic carbocycles. The standard InChI is InChI=1S/C13H12FN/c1-9-3-6-13(14)12(7-9)11-5-4-10(2)15-8-11/h3-8H,1-2H3. The predicted octanol–water partition coefficient (Wildman–Crippen LogP) is 3.50. The van der Waals surface area contributed by atoms with Crippen molar-refractivity contribution in [1.82, 2.24) is 4.98 Å². The summed E-state index contributed by atoms with van der Waals surface area (Å²) in [7, 11) is 0. The van der Waals surface area contributed by atoms with E-state index in [4.69, 9.17) is 0 Å². The fourth-order valence-corrected chi connectivity index (χ4v) is 1.49. The van der Waals surface area contributed by atoms with Crippen LogP contribution in [-0.2, 0) is 0 Å². The van der Waals surface area contributed by atoms with Crippen LogP contribution in [0.15, 0.2) is 36.5 Å². The number of hydrogen-bond donors (Lipinski definition) is 0. The molecule has 15 heavy (non-hydrogen) atoms. The SMILES string of the molecule is Cc1ccc(F)c(-c2ccc(C)nc2)c1. The molecule has 0 unspecified atom stereocenters. The Morgan fingerprint density at radius 1 is 1.07 bits per heavy atom. The molecule has 0 N–H and O–H groups in total. The van der Waals surface area contributed by atoms with Gasteiger partial charge in [-0.1, -0.05) is 17.7 Å². The van der Waals surface area contributed by atoms with Crippen LogP contribution in [-0.4, -0.2) is 4.98 Å². The number of aryl methyl sites for hydroxylation is 2. The summed E-state index contributed by atoms with van der Waals surface area (Å²) in [6, 6.07) is 8.87. The average Bonchev–Trinajstić information content (AvgIpc) is 2.23. The summed E-state index contributed by atoms with van der Waals surface area (Å²) in [6.45, 7) is 3.86. The zero-order chi connectivity index (χ0) is 10.8. The molecule has 0 aliphatic heterocycles. The summed E-state index contributed by atoms with van der Waals surface area (Å²) in [6.07, 6.45) is 1.70. The van der Waals surface area contributed by atoms with Crippen LogP contribution in [0.5, 0.6) is 0 Å². The molecular weight excluding hydrogens is 189 g/mol. The van der Waals surface area contributed by atoms with Gasteiger partial charge in [0.15, 0.2) is 0 Å². The van der Waals surface area contributed by atoms with Gasteiger partial charge in [0.1, 0.15) is 5.82 Å². The van der Waals surface area contributed by atoms with Crippen LogP contribution < -0.4 is 0 Å². The molecular formula is C13H12FN. The van der Waals surface area contributed by atoms with E-state index in [1.165, 1.54) is 6.07 Å². The molecule has 76 valence electrons. The van der Waals surface area contributed by atoms with Gasteiger partial charge < -0.3 is 0 Å². The topological polar surface area (TPSA) is 12.9 Å². The Morgan fingerprint density at radius 3 is 2.53 bits per heavy atom. The van der Waals surface area contributed by atoms with E-state index in [0.29, 0.717) is 5.56 Å². The summed E-state index contributed by atoms with van der Waals surface area (Å²) < 4.78 is 13.5. The average molecular weight is 201 g/mol. The molecule has 0 bridgehead atoms. The monoisotopic (exact) mass is 201 g/mol. The van der Waals surface area contributed by atoms with Crippen molar-refractivity contribution < 1.29 is 4.39 Å². The van der Waals surface area contributed by atoms with Crippen molar-refractivity contribution in [1.29, 1.82) is 0 Å². The Balaban J connectivity index is 2.53. The normalized spacial score (nSPS) is 10.3. The zero-order valence-corrected chi connectivity index (χ0v) is 8.79. The highest BCUT2D eigenvalue weighted by atomic mass is 19.1. The second-order valence-electron chi connectivity index (χ2n) is 3.67. The van der Waals surface area contributed by atoms with Crippen LogP contribution in [0, 0.1) is 19.7 Å². The molecule has 0 atom stereocenters. The number of nitrogens with zero attached hydrogens (tertiary/aromatic N) is 1. The molecule has 0 radical (unpaired) electrons. The molecule has 0 aliphatic rings. The van der Waals surface area contributed by atoms with Crippen LogP contribution in [0.1, 0.15) is 11.3 Å². The molecule has 2 heteroatoms. The molecule has 1 aromatic carbocycles. The van der Waals surface area contributed by atoms with Gasteiger partial charge in [0.2, 0.25) is 0 Å². The van der Waals surface area contributed by atoms with Gasteiger partial charge in [-0.25, -0.2) is 4.39 Å².